The van der Waals surface area contributed by atoms with Gasteiger partial charge in [-0.05, 0) is 50.6 Å². The molecule has 0 amide bonds. The largest absolute Gasteiger partial charge is 0.0988 e. The Hall–Kier alpha value is -0.350. The molecule has 0 aromatic carbocycles. The number of hydrogen-bond acceptors (Lipinski definition) is 0. The first-order valence-electron chi connectivity index (χ1n) is 6.67. The minimum absolute atomic E-state index is 0.595. The highest BCUT2D eigenvalue weighted by Gasteiger charge is 2.26. The summed E-state index contributed by atoms with van der Waals surface area (Å²) in [5.41, 5.74) is 2.79. The lowest BCUT2D eigenvalue weighted by Gasteiger charge is -2.34. The summed E-state index contributed by atoms with van der Waals surface area (Å²) in [7, 11) is 1.01. The standard InChI is InChI=1S/C16H27P/c1-6-13(2)7-8-14(3)17-15-9-11-16(4,5)12-10-15/h6-8,15,17H,1,9-12H2,2-5H3/b13-7-,14-8+. The lowest BCUT2D eigenvalue weighted by molar-refractivity contribution is 0.249. The van der Waals surface area contributed by atoms with Crippen LogP contribution in [-0.2, 0) is 0 Å². The summed E-state index contributed by atoms with van der Waals surface area (Å²) in [5, 5.41) is 1.54. The van der Waals surface area contributed by atoms with Crippen molar-refractivity contribution in [2.45, 2.75) is 59.0 Å². The Balaban J connectivity index is 2.43. The second kappa shape index (κ2) is 6.55. The predicted molar refractivity (Wildman–Crippen MR) is 82.1 cm³/mol. The van der Waals surface area contributed by atoms with E-state index in [1.807, 2.05) is 6.08 Å². The van der Waals surface area contributed by atoms with Crippen molar-refractivity contribution in [2.24, 2.45) is 5.41 Å². The third-order valence-electron chi connectivity index (χ3n) is 3.69. The summed E-state index contributed by atoms with van der Waals surface area (Å²) < 4.78 is 0. The molecular weight excluding hydrogens is 223 g/mol. The Morgan fingerprint density at radius 1 is 1.18 bits per heavy atom. The van der Waals surface area contributed by atoms with Crippen LogP contribution in [0.15, 0.2) is 35.7 Å². The molecule has 1 rings (SSSR count). The molecule has 17 heavy (non-hydrogen) atoms. The monoisotopic (exact) mass is 250 g/mol. The zero-order valence-electron chi connectivity index (χ0n) is 11.8. The fourth-order valence-corrected chi connectivity index (χ4v) is 3.64. The molecule has 96 valence electrons. The number of hydrogen-bond donors (Lipinski definition) is 0. The molecule has 1 atom stereocenters. The summed E-state index contributed by atoms with van der Waals surface area (Å²) in [6.07, 6.45) is 12.0. The number of rotatable bonds is 4. The highest BCUT2D eigenvalue weighted by atomic mass is 31.1. The van der Waals surface area contributed by atoms with E-state index in [0.717, 1.165) is 14.2 Å². The van der Waals surface area contributed by atoms with Crippen molar-refractivity contribution >= 4 is 8.58 Å². The average Bonchev–Trinajstić information content (AvgIpc) is 2.29. The summed E-state index contributed by atoms with van der Waals surface area (Å²) in [6.45, 7) is 13.0. The quantitative estimate of drug-likeness (QED) is 0.445. The van der Waals surface area contributed by atoms with E-state index in [1.54, 1.807) is 0 Å². The minimum atomic E-state index is 0.595. The van der Waals surface area contributed by atoms with Gasteiger partial charge in [0.1, 0.15) is 0 Å². The molecule has 1 aliphatic carbocycles. The van der Waals surface area contributed by atoms with Crippen LogP contribution in [0.2, 0.25) is 0 Å². The smallest absolute Gasteiger partial charge is 0.0199 e. The van der Waals surface area contributed by atoms with Gasteiger partial charge in [-0.1, -0.05) is 58.1 Å². The molecule has 0 aromatic rings. The molecule has 0 N–H and O–H groups in total. The van der Waals surface area contributed by atoms with Crippen LogP contribution in [0, 0.1) is 5.41 Å². The molecule has 1 heteroatoms. The second-order valence-corrected chi connectivity index (χ2v) is 7.94. The van der Waals surface area contributed by atoms with Crippen LogP contribution in [-0.4, -0.2) is 5.66 Å². The molecule has 1 aliphatic rings. The molecule has 0 aliphatic heterocycles. The van der Waals surface area contributed by atoms with E-state index in [1.165, 1.54) is 36.6 Å². The molecule has 1 saturated carbocycles. The molecule has 0 spiro atoms. The van der Waals surface area contributed by atoms with Gasteiger partial charge in [-0.25, -0.2) is 0 Å². The summed E-state index contributed by atoms with van der Waals surface area (Å²) in [4.78, 5) is 0. The molecule has 0 radical (unpaired) electrons. The van der Waals surface area contributed by atoms with Crippen LogP contribution in [0.4, 0.5) is 0 Å². The van der Waals surface area contributed by atoms with E-state index >= 15 is 0 Å². The van der Waals surface area contributed by atoms with Crippen LogP contribution in [0.1, 0.15) is 53.4 Å². The maximum absolute atomic E-state index is 3.77. The van der Waals surface area contributed by atoms with E-state index in [9.17, 15) is 0 Å². The predicted octanol–water partition coefficient (Wildman–Crippen LogP) is 5.67. The fourth-order valence-electron chi connectivity index (χ4n) is 2.24. The first kappa shape index (κ1) is 14.7. The van der Waals surface area contributed by atoms with Gasteiger partial charge in [0.05, 0.1) is 0 Å². The second-order valence-electron chi connectivity index (χ2n) is 6.05. The summed E-state index contributed by atoms with van der Waals surface area (Å²) >= 11 is 0. The van der Waals surface area contributed by atoms with Crippen molar-refractivity contribution in [3.05, 3.63) is 35.7 Å². The SMILES string of the molecule is C=C/C(C)=C\C=C(/C)PC1CCC(C)(C)CC1. The summed E-state index contributed by atoms with van der Waals surface area (Å²) in [6, 6.07) is 0. The van der Waals surface area contributed by atoms with Gasteiger partial charge in [-0.15, -0.1) is 0 Å². The van der Waals surface area contributed by atoms with Gasteiger partial charge in [0.15, 0.2) is 0 Å². The van der Waals surface area contributed by atoms with Crippen LogP contribution in [0.5, 0.6) is 0 Å². The van der Waals surface area contributed by atoms with Gasteiger partial charge in [-0.3, -0.25) is 0 Å². The third-order valence-corrected chi connectivity index (χ3v) is 5.30. The fraction of sp³-hybridized carbons (Fsp3) is 0.625. The van der Waals surface area contributed by atoms with Crippen molar-refractivity contribution in [3.8, 4) is 0 Å². The van der Waals surface area contributed by atoms with Crippen molar-refractivity contribution in [3.63, 3.8) is 0 Å². The Morgan fingerprint density at radius 3 is 2.29 bits per heavy atom. The number of allylic oxidation sites excluding steroid dienone is 5. The lowest BCUT2D eigenvalue weighted by atomic mass is 9.77. The minimum Gasteiger partial charge on any atom is -0.0988 e. The summed E-state index contributed by atoms with van der Waals surface area (Å²) in [5.74, 6) is 0. The molecule has 0 nitrogen and oxygen atoms in total. The van der Waals surface area contributed by atoms with E-state index in [-0.39, 0.29) is 0 Å². The maximum atomic E-state index is 3.77. The van der Waals surface area contributed by atoms with Gasteiger partial charge in [-0.2, -0.15) is 0 Å². The van der Waals surface area contributed by atoms with Crippen molar-refractivity contribution in [1.29, 1.82) is 0 Å². The van der Waals surface area contributed by atoms with Crippen LogP contribution in [0.3, 0.4) is 0 Å². The Kier molecular flexibility index (Phi) is 5.67. The van der Waals surface area contributed by atoms with Crippen molar-refractivity contribution < 1.29 is 0 Å². The molecule has 1 fully saturated rings. The van der Waals surface area contributed by atoms with Crippen molar-refractivity contribution in [2.75, 3.05) is 0 Å². The van der Waals surface area contributed by atoms with Gasteiger partial charge >= 0.3 is 0 Å². The first-order valence-corrected chi connectivity index (χ1v) is 7.75. The van der Waals surface area contributed by atoms with Gasteiger partial charge < -0.3 is 0 Å². The zero-order chi connectivity index (χ0) is 12.9. The van der Waals surface area contributed by atoms with E-state index in [4.69, 9.17) is 0 Å². The Bertz CT molecular complexity index is 310. The first-order chi connectivity index (χ1) is 7.93. The van der Waals surface area contributed by atoms with Gasteiger partial charge in [0.25, 0.3) is 0 Å². The van der Waals surface area contributed by atoms with E-state index < -0.39 is 0 Å². The molecular formula is C16H27P. The van der Waals surface area contributed by atoms with Crippen LogP contribution in [0.25, 0.3) is 0 Å². The molecule has 0 saturated heterocycles. The highest BCUT2D eigenvalue weighted by molar-refractivity contribution is 7.43. The average molecular weight is 250 g/mol. The van der Waals surface area contributed by atoms with Gasteiger partial charge in [0.2, 0.25) is 0 Å². The lowest BCUT2D eigenvalue weighted by Crippen LogP contribution is -2.21. The zero-order valence-corrected chi connectivity index (χ0v) is 12.8. The van der Waals surface area contributed by atoms with Gasteiger partial charge in [0, 0.05) is 0 Å². The van der Waals surface area contributed by atoms with Crippen LogP contribution >= 0.6 is 8.58 Å². The highest BCUT2D eigenvalue weighted by Crippen LogP contribution is 2.44. The van der Waals surface area contributed by atoms with E-state index in [0.29, 0.717) is 5.41 Å². The molecule has 0 aromatic heterocycles. The van der Waals surface area contributed by atoms with Crippen LogP contribution < -0.4 is 0 Å². The Labute approximate surface area is 109 Å². The Morgan fingerprint density at radius 2 is 1.76 bits per heavy atom. The van der Waals surface area contributed by atoms with Crippen molar-refractivity contribution in [1.82, 2.24) is 0 Å². The molecule has 0 heterocycles. The molecule has 1 unspecified atom stereocenters. The molecule has 0 bridgehead atoms. The maximum Gasteiger partial charge on any atom is -0.0199 e. The topological polar surface area (TPSA) is 0 Å². The van der Waals surface area contributed by atoms with E-state index in [2.05, 4.69) is 46.4 Å². The normalized spacial score (nSPS) is 23.3. The third kappa shape index (κ3) is 5.68.